The molecule has 0 aliphatic carbocycles. The van der Waals surface area contributed by atoms with Crippen LogP contribution in [-0.2, 0) is 6.54 Å². The first-order valence-corrected chi connectivity index (χ1v) is 8.87. The zero-order valence-corrected chi connectivity index (χ0v) is 14.7. The van der Waals surface area contributed by atoms with Gasteiger partial charge in [0.2, 0.25) is 0 Å². The highest BCUT2D eigenvalue weighted by Crippen LogP contribution is 2.42. The molecule has 6 heteroatoms. The quantitative estimate of drug-likeness (QED) is 0.735. The molecule has 25 heavy (non-hydrogen) atoms. The minimum absolute atomic E-state index is 0.326. The summed E-state index contributed by atoms with van der Waals surface area (Å²) in [5, 5.41) is 4.39. The van der Waals surface area contributed by atoms with Gasteiger partial charge in [-0.3, -0.25) is 4.90 Å². The Morgan fingerprint density at radius 2 is 1.92 bits per heavy atom. The van der Waals surface area contributed by atoms with Crippen LogP contribution in [0.5, 0.6) is 0 Å². The van der Waals surface area contributed by atoms with Gasteiger partial charge in [-0.2, -0.15) is 14.6 Å². The number of benzene rings is 1. The summed E-state index contributed by atoms with van der Waals surface area (Å²) in [6.45, 7) is 8.52. The van der Waals surface area contributed by atoms with Gasteiger partial charge in [0.1, 0.15) is 12.1 Å². The molecule has 0 atom stereocenters. The lowest BCUT2D eigenvalue weighted by Gasteiger charge is -2.63. The van der Waals surface area contributed by atoms with Crippen molar-refractivity contribution >= 4 is 11.6 Å². The molecule has 3 aromatic rings. The molecule has 0 amide bonds. The average molecular weight is 334 g/mol. The van der Waals surface area contributed by atoms with Crippen molar-refractivity contribution in [1.82, 2.24) is 24.5 Å². The van der Waals surface area contributed by atoms with Crippen molar-refractivity contribution in [1.29, 1.82) is 0 Å². The van der Waals surface area contributed by atoms with E-state index in [0.29, 0.717) is 11.3 Å². The number of nitrogens with zero attached hydrogens (tertiary/aromatic N) is 6. The second-order valence-electron chi connectivity index (χ2n) is 7.36. The first-order valence-electron chi connectivity index (χ1n) is 8.87. The van der Waals surface area contributed by atoms with Crippen molar-refractivity contribution in [3.63, 3.8) is 0 Å². The van der Waals surface area contributed by atoms with E-state index in [1.165, 1.54) is 24.1 Å². The van der Waals surface area contributed by atoms with E-state index in [4.69, 9.17) is 0 Å². The van der Waals surface area contributed by atoms with Crippen molar-refractivity contribution in [2.24, 2.45) is 0 Å². The lowest BCUT2D eigenvalue weighted by atomic mass is 9.77. The maximum atomic E-state index is 4.53. The average Bonchev–Trinajstić information content (AvgIpc) is 3.02. The van der Waals surface area contributed by atoms with Crippen molar-refractivity contribution < 1.29 is 0 Å². The normalized spacial score (nSPS) is 19.2. The minimum atomic E-state index is 0.326. The molecule has 0 bridgehead atoms. The number of hydrogen-bond acceptors (Lipinski definition) is 5. The summed E-state index contributed by atoms with van der Waals surface area (Å²) in [6.07, 6.45) is 2.87. The predicted molar refractivity (Wildman–Crippen MR) is 96.7 cm³/mol. The van der Waals surface area contributed by atoms with Crippen LogP contribution in [-0.4, -0.2) is 49.7 Å². The van der Waals surface area contributed by atoms with E-state index in [1.54, 1.807) is 6.33 Å². The van der Waals surface area contributed by atoms with Crippen molar-refractivity contribution in [3.05, 3.63) is 53.5 Å². The van der Waals surface area contributed by atoms with Crippen molar-refractivity contribution in [2.45, 2.75) is 32.4 Å². The molecular formula is C19H22N6. The third-order valence-electron chi connectivity index (χ3n) is 5.88. The third-order valence-corrected chi connectivity index (χ3v) is 5.88. The van der Waals surface area contributed by atoms with Gasteiger partial charge >= 0.3 is 0 Å². The molecule has 2 saturated heterocycles. The lowest BCUT2D eigenvalue weighted by molar-refractivity contribution is -0.0436. The number of likely N-dealkylation sites (tertiary alicyclic amines) is 1. The van der Waals surface area contributed by atoms with E-state index in [-0.39, 0.29) is 0 Å². The largest absolute Gasteiger partial charge is 0.352 e. The maximum absolute atomic E-state index is 4.53. The van der Waals surface area contributed by atoms with Gasteiger partial charge in [-0.15, -0.1) is 0 Å². The number of hydrogen-bond donors (Lipinski definition) is 0. The van der Waals surface area contributed by atoms with Gasteiger partial charge in [-0.25, -0.2) is 4.98 Å². The van der Waals surface area contributed by atoms with Crippen LogP contribution in [0.1, 0.15) is 23.2 Å². The molecule has 5 rings (SSSR count). The molecule has 0 saturated carbocycles. The molecule has 4 heterocycles. The molecule has 2 aliphatic rings. The summed E-state index contributed by atoms with van der Waals surface area (Å²) < 4.78 is 1.88. The summed E-state index contributed by atoms with van der Waals surface area (Å²) in [6, 6.07) is 10.8. The SMILES string of the molecule is Cc1nc2ncnn2c(N2CC3(CCN3Cc3ccccc3)C2)c1C. The topological polar surface area (TPSA) is 49.6 Å². The smallest absolute Gasteiger partial charge is 0.254 e. The number of aryl methyl sites for hydroxylation is 1. The van der Waals surface area contributed by atoms with Gasteiger partial charge in [0.25, 0.3) is 5.78 Å². The fourth-order valence-electron chi connectivity index (χ4n) is 4.20. The zero-order chi connectivity index (χ0) is 17.0. The first-order chi connectivity index (χ1) is 12.2. The van der Waals surface area contributed by atoms with Gasteiger partial charge in [-0.1, -0.05) is 30.3 Å². The fraction of sp³-hybridized carbons (Fsp3) is 0.421. The molecule has 0 radical (unpaired) electrons. The van der Waals surface area contributed by atoms with Crippen molar-refractivity contribution in [2.75, 3.05) is 24.5 Å². The zero-order valence-electron chi connectivity index (χ0n) is 14.7. The summed E-state index contributed by atoms with van der Waals surface area (Å²) in [7, 11) is 0. The molecule has 2 aromatic heterocycles. The molecule has 0 N–H and O–H groups in total. The van der Waals surface area contributed by atoms with Gasteiger partial charge in [-0.05, 0) is 25.8 Å². The number of fused-ring (bicyclic) bond motifs is 1. The highest BCUT2D eigenvalue weighted by atomic mass is 15.5. The number of rotatable bonds is 3. The van der Waals surface area contributed by atoms with Crippen LogP contribution < -0.4 is 4.90 Å². The molecule has 1 aromatic carbocycles. The summed E-state index contributed by atoms with van der Waals surface area (Å²) in [4.78, 5) is 13.9. The van der Waals surface area contributed by atoms with Crippen molar-refractivity contribution in [3.8, 4) is 0 Å². The Morgan fingerprint density at radius 1 is 1.12 bits per heavy atom. The molecule has 2 aliphatic heterocycles. The van der Waals surface area contributed by atoms with Crippen LogP contribution in [0.2, 0.25) is 0 Å². The Hall–Kier alpha value is -2.47. The Bertz CT molecular complexity index is 926. The van der Waals surface area contributed by atoms with Crippen LogP contribution in [0.4, 0.5) is 5.82 Å². The summed E-state index contributed by atoms with van der Waals surface area (Å²) >= 11 is 0. The van der Waals surface area contributed by atoms with Crippen LogP contribution in [0.3, 0.4) is 0 Å². The molecule has 1 spiro atoms. The highest BCUT2D eigenvalue weighted by molar-refractivity contribution is 5.57. The summed E-state index contributed by atoms with van der Waals surface area (Å²) in [5.74, 6) is 1.84. The number of aromatic nitrogens is 4. The Kier molecular flexibility index (Phi) is 3.12. The van der Waals surface area contributed by atoms with Gasteiger partial charge in [0.05, 0.1) is 5.54 Å². The second kappa shape index (κ2) is 5.26. The molecule has 2 fully saturated rings. The Balaban J connectivity index is 1.39. The van der Waals surface area contributed by atoms with E-state index in [1.807, 2.05) is 11.4 Å². The fourth-order valence-corrected chi connectivity index (χ4v) is 4.20. The molecule has 6 nitrogen and oxygen atoms in total. The van der Waals surface area contributed by atoms with E-state index in [0.717, 1.165) is 31.1 Å². The van der Waals surface area contributed by atoms with E-state index >= 15 is 0 Å². The molecular weight excluding hydrogens is 312 g/mol. The standard InChI is InChI=1S/C19H22N6/c1-14-15(2)22-18-20-13-21-25(18)17(14)23-11-19(12-23)8-9-24(19)10-16-6-4-3-5-7-16/h3-7,13H,8-12H2,1-2H3. The second-order valence-corrected chi connectivity index (χ2v) is 7.36. The Morgan fingerprint density at radius 3 is 2.64 bits per heavy atom. The van der Waals surface area contributed by atoms with E-state index in [2.05, 4.69) is 62.1 Å². The first kappa shape index (κ1) is 14.8. The number of anilines is 1. The monoisotopic (exact) mass is 334 g/mol. The van der Waals surface area contributed by atoms with Crippen LogP contribution in [0.15, 0.2) is 36.7 Å². The van der Waals surface area contributed by atoms with E-state index < -0.39 is 0 Å². The third kappa shape index (κ3) is 2.17. The van der Waals surface area contributed by atoms with E-state index in [9.17, 15) is 0 Å². The molecule has 128 valence electrons. The summed E-state index contributed by atoms with van der Waals surface area (Å²) in [5.41, 5.74) is 3.95. The highest BCUT2D eigenvalue weighted by Gasteiger charge is 2.53. The van der Waals surface area contributed by atoms with Crippen LogP contribution in [0, 0.1) is 13.8 Å². The molecule has 0 unspecified atom stereocenters. The maximum Gasteiger partial charge on any atom is 0.254 e. The van der Waals surface area contributed by atoms with Crippen LogP contribution in [0.25, 0.3) is 5.78 Å². The Labute approximate surface area is 147 Å². The lowest BCUT2D eigenvalue weighted by Crippen LogP contribution is -2.76. The van der Waals surface area contributed by atoms with Gasteiger partial charge in [0, 0.05) is 37.4 Å². The van der Waals surface area contributed by atoms with Crippen LogP contribution >= 0.6 is 0 Å². The van der Waals surface area contributed by atoms with Gasteiger partial charge < -0.3 is 4.90 Å². The predicted octanol–water partition coefficient (Wildman–Crippen LogP) is 2.21. The minimum Gasteiger partial charge on any atom is -0.352 e. The van der Waals surface area contributed by atoms with Gasteiger partial charge in [0.15, 0.2) is 0 Å².